The fourth-order valence-electron chi connectivity index (χ4n) is 6.56. The van der Waals surface area contributed by atoms with Crippen molar-refractivity contribution in [2.24, 2.45) is 17.1 Å². The first-order chi connectivity index (χ1) is 19.6. The Morgan fingerprint density at radius 2 is 1.93 bits per heavy atom. The number of benzene rings is 1. The Labute approximate surface area is 241 Å². The second kappa shape index (κ2) is 10.9. The smallest absolute Gasteiger partial charge is 0.282 e. The summed E-state index contributed by atoms with van der Waals surface area (Å²) in [7, 11) is 0. The Balaban J connectivity index is 1.19. The zero-order valence-corrected chi connectivity index (χ0v) is 24.6. The Kier molecular flexibility index (Phi) is 7.40. The van der Waals surface area contributed by atoms with E-state index in [1.54, 1.807) is 18.6 Å². The van der Waals surface area contributed by atoms with E-state index in [-0.39, 0.29) is 16.8 Å². The molecule has 2 N–H and O–H groups in total. The van der Waals surface area contributed by atoms with Gasteiger partial charge in [-0.2, -0.15) is 0 Å². The van der Waals surface area contributed by atoms with E-state index in [1.807, 2.05) is 0 Å². The molecular formula is C31H41FN8O. The van der Waals surface area contributed by atoms with Crippen LogP contribution in [0.5, 0.6) is 11.6 Å². The van der Waals surface area contributed by atoms with E-state index < -0.39 is 0 Å². The van der Waals surface area contributed by atoms with Gasteiger partial charge in [0.25, 0.3) is 5.88 Å². The SMILES string of the molecule is CC(C)[C@@H](CCC(C)(C)N)N1CC2(CCN(c3ncnnc3Oc3ccc(F)cc3-c3cncnc3C3CC3)C2)C1. The van der Waals surface area contributed by atoms with Gasteiger partial charge in [-0.25, -0.2) is 19.3 Å². The summed E-state index contributed by atoms with van der Waals surface area (Å²) < 4.78 is 20.8. The standard InChI is InChI=1S/C31H41FN8O/c1-20(2)25(9-10-30(3,4)33)40-16-31(17-40)11-12-39(15-31)28-29(38-37-19-36-28)41-26-8-7-22(32)13-23(26)24-14-34-18-35-27(24)21-5-6-21/h7-8,13-14,18-21,25H,5-6,9-12,15-17,33H2,1-4H3/t25-/m1/s1. The third-order valence-electron chi connectivity index (χ3n) is 8.85. The van der Waals surface area contributed by atoms with Gasteiger partial charge in [-0.1, -0.05) is 13.8 Å². The van der Waals surface area contributed by atoms with Gasteiger partial charge in [0.1, 0.15) is 24.2 Å². The number of nitrogens with two attached hydrogens (primary N) is 1. The van der Waals surface area contributed by atoms with E-state index in [4.69, 9.17) is 10.5 Å². The molecule has 218 valence electrons. The zero-order chi connectivity index (χ0) is 28.8. The van der Waals surface area contributed by atoms with Gasteiger partial charge >= 0.3 is 0 Å². The number of nitrogens with zero attached hydrogens (tertiary/aromatic N) is 7. The molecule has 1 saturated carbocycles. The molecule has 0 unspecified atom stereocenters. The van der Waals surface area contributed by atoms with Gasteiger partial charge in [-0.3, -0.25) is 4.90 Å². The van der Waals surface area contributed by atoms with Crippen LogP contribution < -0.4 is 15.4 Å². The van der Waals surface area contributed by atoms with Gasteiger partial charge < -0.3 is 15.4 Å². The Morgan fingerprint density at radius 3 is 2.66 bits per heavy atom. The minimum absolute atomic E-state index is 0.145. The molecule has 6 rings (SSSR count). The summed E-state index contributed by atoms with van der Waals surface area (Å²) in [6.45, 7) is 12.8. The molecule has 9 nitrogen and oxygen atoms in total. The van der Waals surface area contributed by atoms with E-state index in [0.717, 1.165) is 69.5 Å². The third-order valence-corrected chi connectivity index (χ3v) is 8.85. The van der Waals surface area contributed by atoms with Crippen molar-refractivity contribution in [1.29, 1.82) is 0 Å². The van der Waals surface area contributed by atoms with Crippen molar-refractivity contribution in [3.63, 3.8) is 0 Å². The molecular weight excluding hydrogens is 519 g/mol. The summed E-state index contributed by atoms with van der Waals surface area (Å²) in [4.78, 5) is 18.2. The van der Waals surface area contributed by atoms with Gasteiger partial charge in [0, 0.05) is 66.4 Å². The van der Waals surface area contributed by atoms with Gasteiger partial charge in [0.15, 0.2) is 5.82 Å². The molecule has 41 heavy (non-hydrogen) atoms. The van der Waals surface area contributed by atoms with Gasteiger partial charge in [0.05, 0.1) is 5.69 Å². The highest BCUT2D eigenvalue weighted by molar-refractivity contribution is 5.73. The molecule has 0 amide bonds. The summed E-state index contributed by atoms with van der Waals surface area (Å²) in [6, 6.07) is 5.05. The zero-order valence-electron chi connectivity index (χ0n) is 24.6. The van der Waals surface area contributed by atoms with Crippen LogP contribution in [0.25, 0.3) is 11.1 Å². The lowest BCUT2D eigenvalue weighted by molar-refractivity contribution is -0.0351. The lowest BCUT2D eigenvalue weighted by Gasteiger charge is -2.53. The molecule has 2 aromatic heterocycles. The predicted molar refractivity (Wildman–Crippen MR) is 156 cm³/mol. The van der Waals surface area contributed by atoms with Crippen LogP contribution in [0.1, 0.15) is 71.4 Å². The molecule has 1 aliphatic carbocycles. The topological polar surface area (TPSA) is 106 Å². The maximum atomic E-state index is 14.5. The van der Waals surface area contributed by atoms with Crippen molar-refractivity contribution < 1.29 is 9.13 Å². The van der Waals surface area contributed by atoms with Crippen LogP contribution in [0.2, 0.25) is 0 Å². The average Bonchev–Trinajstić information content (AvgIpc) is 3.67. The first kappa shape index (κ1) is 27.9. The summed E-state index contributed by atoms with van der Waals surface area (Å²) in [5, 5.41) is 8.35. The second-order valence-corrected chi connectivity index (χ2v) is 13.3. The van der Waals surface area contributed by atoms with Crippen molar-refractivity contribution in [2.45, 2.75) is 77.3 Å². The van der Waals surface area contributed by atoms with Crippen LogP contribution in [0, 0.1) is 17.2 Å². The molecule has 3 fully saturated rings. The molecule has 1 aromatic carbocycles. The fraction of sp³-hybridized carbons (Fsp3) is 0.581. The number of likely N-dealkylation sites (tertiary alicyclic amines) is 1. The molecule has 0 radical (unpaired) electrons. The lowest BCUT2D eigenvalue weighted by atomic mass is 9.76. The van der Waals surface area contributed by atoms with Crippen LogP contribution in [-0.2, 0) is 0 Å². The highest BCUT2D eigenvalue weighted by Gasteiger charge is 2.50. The van der Waals surface area contributed by atoms with Crippen molar-refractivity contribution in [2.75, 3.05) is 31.1 Å². The number of hydrogen-bond acceptors (Lipinski definition) is 9. The van der Waals surface area contributed by atoms with Crippen LogP contribution in [0.4, 0.5) is 10.2 Å². The summed E-state index contributed by atoms with van der Waals surface area (Å²) in [5.41, 5.74) is 8.72. The Hall–Kier alpha value is -3.24. The summed E-state index contributed by atoms with van der Waals surface area (Å²) >= 11 is 0. The van der Waals surface area contributed by atoms with E-state index >= 15 is 0 Å². The molecule has 1 atom stereocenters. The third kappa shape index (κ3) is 6.04. The van der Waals surface area contributed by atoms with E-state index in [2.05, 4.69) is 62.6 Å². The lowest BCUT2D eigenvalue weighted by Crippen LogP contribution is -2.62. The Bertz CT molecular complexity index is 1380. The van der Waals surface area contributed by atoms with Crippen LogP contribution in [-0.4, -0.2) is 67.8 Å². The second-order valence-electron chi connectivity index (χ2n) is 13.3. The van der Waals surface area contributed by atoms with Gasteiger partial charge in [0.2, 0.25) is 0 Å². The molecule has 0 bridgehead atoms. The number of rotatable bonds is 10. The quantitative estimate of drug-likeness (QED) is 0.358. The van der Waals surface area contributed by atoms with Gasteiger partial charge in [-0.15, -0.1) is 10.2 Å². The molecule has 2 aliphatic heterocycles. The highest BCUT2D eigenvalue weighted by Crippen LogP contribution is 2.47. The molecule has 4 heterocycles. The van der Waals surface area contributed by atoms with Crippen molar-refractivity contribution in [3.05, 3.63) is 48.6 Å². The summed E-state index contributed by atoms with van der Waals surface area (Å²) in [5.74, 6) is 2.09. The molecule has 1 spiro atoms. The number of ether oxygens (including phenoxy) is 1. The highest BCUT2D eigenvalue weighted by atomic mass is 19.1. The monoisotopic (exact) mass is 560 g/mol. The van der Waals surface area contributed by atoms with Crippen LogP contribution in [0.3, 0.4) is 0 Å². The van der Waals surface area contributed by atoms with Crippen LogP contribution in [0.15, 0.2) is 37.1 Å². The minimum Gasteiger partial charge on any atom is -0.434 e. The fourth-order valence-corrected chi connectivity index (χ4v) is 6.56. The van der Waals surface area contributed by atoms with E-state index in [0.29, 0.717) is 40.9 Å². The van der Waals surface area contributed by atoms with Crippen molar-refractivity contribution >= 4 is 5.82 Å². The van der Waals surface area contributed by atoms with Crippen molar-refractivity contribution in [3.8, 4) is 22.8 Å². The number of halogens is 1. The first-order valence-electron chi connectivity index (χ1n) is 14.8. The van der Waals surface area contributed by atoms with E-state index in [1.165, 1.54) is 18.5 Å². The molecule has 3 aliphatic rings. The first-order valence-corrected chi connectivity index (χ1v) is 14.8. The normalized spacial score (nSPS) is 19.5. The molecule has 10 heteroatoms. The molecule has 2 saturated heterocycles. The van der Waals surface area contributed by atoms with Crippen LogP contribution >= 0.6 is 0 Å². The number of hydrogen-bond donors (Lipinski definition) is 1. The largest absolute Gasteiger partial charge is 0.434 e. The van der Waals surface area contributed by atoms with Gasteiger partial charge in [-0.05, 0) is 70.1 Å². The number of aromatic nitrogens is 5. The minimum atomic E-state index is -0.346. The number of anilines is 1. The average molecular weight is 561 g/mol. The van der Waals surface area contributed by atoms with E-state index in [9.17, 15) is 4.39 Å². The van der Waals surface area contributed by atoms with Crippen molar-refractivity contribution in [1.82, 2.24) is 30.0 Å². The Morgan fingerprint density at radius 1 is 1.12 bits per heavy atom. The molecule has 3 aromatic rings. The predicted octanol–water partition coefficient (Wildman–Crippen LogP) is 5.19. The summed E-state index contributed by atoms with van der Waals surface area (Å²) in [6.07, 6.45) is 10.1. The maximum absolute atomic E-state index is 14.5. The maximum Gasteiger partial charge on any atom is 0.282 e.